The van der Waals surface area contributed by atoms with Crippen LogP contribution in [0.5, 0.6) is 0 Å². The van der Waals surface area contributed by atoms with Crippen LogP contribution in [0.1, 0.15) is 34.6 Å². The Balaban J connectivity index is 1.60. The van der Waals surface area contributed by atoms with E-state index in [2.05, 4.69) is 17.4 Å². The number of aryl methyl sites for hydroxylation is 2. The Kier molecular flexibility index (Phi) is 5.12. The van der Waals surface area contributed by atoms with Gasteiger partial charge in [-0.15, -0.1) is 0 Å². The molecule has 0 aliphatic heterocycles. The highest BCUT2D eigenvalue weighted by atomic mass is 19.1. The average Bonchev–Trinajstić information content (AvgIpc) is 3.04. The van der Waals surface area contributed by atoms with Crippen LogP contribution in [0.3, 0.4) is 0 Å². The Bertz CT molecular complexity index is 786. The molecule has 0 saturated carbocycles. The number of carboxylic acid groups (broad SMARTS) is 1. The minimum Gasteiger partial charge on any atom is -0.481 e. The van der Waals surface area contributed by atoms with Crippen molar-refractivity contribution in [2.45, 2.75) is 31.6 Å². The highest BCUT2D eigenvalue weighted by Gasteiger charge is 2.21. The third kappa shape index (κ3) is 4.24. The summed E-state index contributed by atoms with van der Waals surface area (Å²) >= 11 is 0. The van der Waals surface area contributed by atoms with Gasteiger partial charge in [-0.25, -0.2) is 4.39 Å². The van der Waals surface area contributed by atoms with Crippen LogP contribution in [-0.2, 0) is 28.9 Å². The fraction of sp³-hybridized carbons (Fsp3) is 0.300. The minimum absolute atomic E-state index is 0.0231. The molecule has 0 saturated heterocycles. The van der Waals surface area contributed by atoms with E-state index in [0.717, 1.165) is 24.8 Å². The van der Waals surface area contributed by atoms with Gasteiger partial charge in [0, 0.05) is 6.54 Å². The molecule has 5 heteroatoms. The second-order valence-corrected chi connectivity index (χ2v) is 6.38. The van der Waals surface area contributed by atoms with Crippen molar-refractivity contribution in [3.63, 3.8) is 0 Å². The summed E-state index contributed by atoms with van der Waals surface area (Å²) < 4.78 is 13.0. The molecular formula is C20H20FNO3. The van der Waals surface area contributed by atoms with Crippen molar-refractivity contribution in [1.82, 2.24) is 5.32 Å². The first kappa shape index (κ1) is 17.1. The van der Waals surface area contributed by atoms with Crippen molar-refractivity contribution in [1.29, 1.82) is 0 Å². The number of carbonyl (C=O) groups excluding carboxylic acids is 1. The van der Waals surface area contributed by atoms with Crippen molar-refractivity contribution < 1.29 is 19.1 Å². The summed E-state index contributed by atoms with van der Waals surface area (Å²) in [4.78, 5) is 23.6. The predicted octanol–water partition coefficient (Wildman–Crippen LogP) is 2.84. The van der Waals surface area contributed by atoms with Gasteiger partial charge in [0.15, 0.2) is 0 Å². The monoisotopic (exact) mass is 341 g/mol. The Morgan fingerprint density at radius 2 is 1.80 bits per heavy atom. The lowest BCUT2D eigenvalue weighted by atomic mass is 9.99. The summed E-state index contributed by atoms with van der Waals surface area (Å²) in [7, 11) is 0. The van der Waals surface area contributed by atoms with Crippen LogP contribution in [0.25, 0.3) is 0 Å². The van der Waals surface area contributed by atoms with E-state index in [9.17, 15) is 19.1 Å². The Morgan fingerprint density at radius 3 is 2.52 bits per heavy atom. The van der Waals surface area contributed by atoms with Crippen LogP contribution >= 0.6 is 0 Å². The maximum Gasteiger partial charge on any atom is 0.312 e. The number of rotatable bonds is 6. The van der Waals surface area contributed by atoms with Gasteiger partial charge in [0.05, 0.1) is 12.3 Å². The molecule has 0 aromatic heterocycles. The van der Waals surface area contributed by atoms with Crippen molar-refractivity contribution >= 4 is 11.9 Å². The molecule has 0 heterocycles. The second-order valence-electron chi connectivity index (χ2n) is 6.38. The first-order valence-corrected chi connectivity index (χ1v) is 8.38. The van der Waals surface area contributed by atoms with Gasteiger partial charge in [0.1, 0.15) is 5.82 Å². The van der Waals surface area contributed by atoms with Crippen molar-refractivity contribution in [3.8, 4) is 0 Å². The molecule has 3 rings (SSSR count). The van der Waals surface area contributed by atoms with E-state index >= 15 is 0 Å². The summed E-state index contributed by atoms with van der Waals surface area (Å²) in [6.45, 7) is -0.0231. The Morgan fingerprint density at radius 1 is 1.08 bits per heavy atom. The summed E-state index contributed by atoms with van der Waals surface area (Å²) in [5.41, 5.74) is 4.06. The summed E-state index contributed by atoms with van der Waals surface area (Å²) in [5, 5.41) is 12.0. The summed E-state index contributed by atoms with van der Waals surface area (Å²) in [6, 6.07) is 11.4. The first-order chi connectivity index (χ1) is 12.0. The van der Waals surface area contributed by atoms with E-state index in [1.807, 2.05) is 6.07 Å². The Labute approximate surface area is 145 Å². The summed E-state index contributed by atoms with van der Waals surface area (Å²) in [5.74, 6) is -2.59. The molecule has 2 N–H and O–H groups in total. The average molecular weight is 341 g/mol. The van der Waals surface area contributed by atoms with Crippen LogP contribution in [0.15, 0.2) is 42.5 Å². The molecule has 4 nitrogen and oxygen atoms in total. The van der Waals surface area contributed by atoms with Crippen molar-refractivity contribution in [3.05, 3.63) is 70.5 Å². The number of hydrogen-bond donors (Lipinski definition) is 2. The molecule has 0 spiro atoms. The standard InChI is InChI=1S/C20H20FNO3/c21-17-8-6-15(7-9-17)18(20(24)25)12-22-19(23)11-13-4-5-14-2-1-3-16(14)10-13/h4-10,18H,1-3,11-12H2,(H,22,23)(H,24,25). The van der Waals surface area contributed by atoms with Crippen LogP contribution in [-0.4, -0.2) is 23.5 Å². The SMILES string of the molecule is O=C(Cc1ccc2c(c1)CCC2)NCC(C(=O)O)c1ccc(F)cc1. The zero-order chi connectivity index (χ0) is 17.8. The van der Waals surface area contributed by atoms with Gasteiger partial charge in [0.25, 0.3) is 0 Å². The predicted molar refractivity (Wildman–Crippen MR) is 92.0 cm³/mol. The van der Waals surface area contributed by atoms with Crippen molar-refractivity contribution in [2.24, 2.45) is 0 Å². The van der Waals surface area contributed by atoms with E-state index in [-0.39, 0.29) is 18.9 Å². The fourth-order valence-electron chi connectivity index (χ4n) is 3.24. The molecule has 0 fully saturated rings. The molecule has 25 heavy (non-hydrogen) atoms. The molecule has 2 aromatic rings. The van der Waals surface area contributed by atoms with Gasteiger partial charge in [-0.3, -0.25) is 9.59 Å². The largest absolute Gasteiger partial charge is 0.481 e. The molecule has 1 aliphatic rings. The van der Waals surface area contributed by atoms with Gasteiger partial charge in [-0.05, 0) is 53.6 Å². The molecule has 0 radical (unpaired) electrons. The maximum atomic E-state index is 13.0. The number of amides is 1. The Hall–Kier alpha value is -2.69. The topological polar surface area (TPSA) is 66.4 Å². The molecule has 2 aromatic carbocycles. The minimum atomic E-state index is -1.05. The highest BCUT2D eigenvalue weighted by Crippen LogP contribution is 2.23. The van der Waals surface area contributed by atoms with Crippen LogP contribution in [0, 0.1) is 5.82 Å². The maximum absolute atomic E-state index is 13.0. The lowest BCUT2D eigenvalue weighted by molar-refractivity contribution is -0.138. The lowest BCUT2D eigenvalue weighted by Crippen LogP contribution is -2.32. The van der Waals surface area contributed by atoms with Crippen molar-refractivity contribution in [2.75, 3.05) is 6.54 Å². The quantitative estimate of drug-likeness (QED) is 0.849. The number of benzene rings is 2. The number of fused-ring (bicyclic) bond motifs is 1. The molecule has 1 unspecified atom stereocenters. The number of aliphatic carboxylic acids is 1. The number of nitrogens with one attached hydrogen (secondary N) is 1. The molecular weight excluding hydrogens is 321 g/mol. The molecule has 130 valence electrons. The first-order valence-electron chi connectivity index (χ1n) is 8.38. The van der Waals surface area contributed by atoms with E-state index in [1.165, 1.54) is 35.4 Å². The van der Waals surface area contributed by atoms with Gasteiger partial charge in [-0.1, -0.05) is 30.3 Å². The second kappa shape index (κ2) is 7.47. The van der Waals surface area contributed by atoms with E-state index in [0.29, 0.717) is 5.56 Å². The van der Waals surface area contributed by atoms with E-state index in [1.54, 1.807) is 0 Å². The third-order valence-electron chi connectivity index (χ3n) is 4.60. The zero-order valence-corrected chi connectivity index (χ0v) is 13.8. The number of carboxylic acids is 1. The molecule has 1 atom stereocenters. The molecule has 0 bridgehead atoms. The number of hydrogen-bond acceptors (Lipinski definition) is 2. The van der Waals surface area contributed by atoms with Gasteiger partial charge in [-0.2, -0.15) is 0 Å². The van der Waals surface area contributed by atoms with E-state index in [4.69, 9.17) is 0 Å². The van der Waals surface area contributed by atoms with Crippen LogP contribution in [0.2, 0.25) is 0 Å². The molecule has 1 amide bonds. The van der Waals surface area contributed by atoms with Gasteiger partial charge >= 0.3 is 5.97 Å². The zero-order valence-electron chi connectivity index (χ0n) is 13.8. The number of carbonyl (C=O) groups is 2. The van der Waals surface area contributed by atoms with Gasteiger partial charge < -0.3 is 10.4 Å². The molecule has 1 aliphatic carbocycles. The van der Waals surface area contributed by atoms with E-state index < -0.39 is 17.7 Å². The van der Waals surface area contributed by atoms with Gasteiger partial charge in [0.2, 0.25) is 5.91 Å². The van der Waals surface area contributed by atoms with Crippen LogP contribution in [0.4, 0.5) is 4.39 Å². The normalized spacial score (nSPS) is 14.0. The lowest BCUT2D eigenvalue weighted by Gasteiger charge is -2.14. The number of halogens is 1. The third-order valence-corrected chi connectivity index (χ3v) is 4.60. The fourth-order valence-corrected chi connectivity index (χ4v) is 3.24. The summed E-state index contributed by atoms with van der Waals surface area (Å²) in [6.07, 6.45) is 3.53. The van der Waals surface area contributed by atoms with Crippen LogP contribution < -0.4 is 5.32 Å². The smallest absolute Gasteiger partial charge is 0.312 e. The highest BCUT2D eigenvalue weighted by molar-refractivity contribution is 5.81.